The van der Waals surface area contributed by atoms with Gasteiger partial charge in [-0.25, -0.2) is 10.8 Å². The molecule has 2 rings (SSSR count). The number of hydrogen-bond acceptors (Lipinski definition) is 5. The summed E-state index contributed by atoms with van der Waals surface area (Å²) in [5.41, 5.74) is 3.36. The summed E-state index contributed by atoms with van der Waals surface area (Å²) in [7, 11) is 1.63. The van der Waals surface area contributed by atoms with E-state index in [1.807, 2.05) is 36.4 Å². The summed E-state index contributed by atoms with van der Waals surface area (Å²) in [5.74, 6) is 7.37. The van der Waals surface area contributed by atoms with Crippen LogP contribution in [0.3, 0.4) is 0 Å². The molecule has 1 heterocycles. The van der Waals surface area contributed by atoms with Crippen molar-refractivity contribution >= 4 is 17.3 Å². The second-order valence-corrected chi connectivity index (χ2v) is 3.38. The minimum atomic E-state index is 0.602. The van der Waals surface area contributed by atoms with E-state index in [4.69, 9.17) is 10.6 Å². The maximum Gasteiger partial charge on any atom is 0.142 e. The number of nitrogens with two attached hydrogens (primary N) is 1. The van der Waals surface area contributed by atoms with Gasteiger partial charge in [0, 0.05) is 0 Å². The molecule has 0 aliphatic rings. The van der Waals surface area contributed by atoms with E-state index in [1.165, 1.54) is 0 Å². The molecule has 0 aliphatic carbocycles. The molecule has 0 bridgehead atoms. The predicted molar refractivity (Wildman–Crippen MR) is 68.3 cm³/mol. The predicted octanol–water partition coefficient (Wildman–Crippen LogP) is 2.12. The molecule has 0 spiro atoms. The van der Waals surface area contributed by atoms with Crippen LogP contribution in [0, 0.1) is 0 Å². The molecule has 2 aromatic rings. The summed E-state index contributed by atoms with van der Waals surface area (Å²) in [6.45, 7) is 0. The molecule has 17 heavy (non-hydrogen) atoms. The molecule has 0 radical (unpaired) electrons. The third kappa shape index (κ3) is 2.64. The molecular weight excluding hydrogens is 216 g/mol. The number of pyridine rings is 1. The number of rotatable bonds is 4. The molecule has 88 valence electrons. The van der Waals surface area contributed by atoms with Gasteiger partial charge in [0.25, 0.3) is 0 Å². The highest BCUT2D eigenvalue weighted by molar-refractivity contribution is 5.64. The maximum absolute atomic E-state index is 5.30. The Hall–Kier alpha value is -2.27. The normalized spacial score (nSPS) is 9.76. The molecule has 1 aromatic carbocycles. The minimum Gasteiger partial charge on any atom is -0.495 e. The van der Waals surface area contributed by atoms with Crippen LogP contribution in [0.5, 0.6) is 5.75 Å². The Balaban J connectivity index is 2.24. The number of benzene rings is 1. The molecular formula is C12H14N4O. The van der Waals surface area contributed by atoms with Crippen molar-refractivity contribution in [1.82, 2.24) is 4.98 Å². The lowest BCUT2D eigenvalue weighted by Crippen LogP contribution is -2.09. The van der Waals surface area contributed by atoms with Crippen LogP contribution in [0.4, 0.5) is 17.3 Å². The van der Waals surface area contributed by atoms with Crippen molar-refractivity contribution in [3.05, 3.63) is 42.5 Å². The lowest BCUT2D eigenvalue weighted by Gasteiger charge is -2.10. The van der Waals surface area contributed by atoms with Crippen molar-refractivity contribution in [2.75, 3.05) is 17.9 Å². The molecule has 5 heteroatoms. The summed E-state index contributed by atoms with van der Waals surface area (Å²) in [4.78, 5) is 4.26. The zero-order valence-corrected chi connectivity index (χ0v) is 9.47. The molecule has 0 saturated carbocycles. The standard InChI is InChI=1S/C12H14N4O/c1-17-10-6-3-2-5-9(10)14-11-7-4-8-12(15-11)16-13/h2-8H,13H2,1H3,(H2,14,15,16). The fourth-order valence-electron chi connectivity index (χ4n) is 1.47. The number of nitrogens with one attached hydrogen (secondary N) is 2. The highest BCUT2D eigenvalue weighted by Gasteiger charge is 2.02. The Kier molecular flexibility index (Phi) is 3.42. The Morgan fingerprint density at radius 3 is 2.59 bits per heavy atom. The van der Waals surface area contributed by atoms with E-state index < -0.39 is 0 Å². The number of ether oxygens (including phenoxy) is 1. The zero-order chi connectivity index (χ0) is 12.1. The average Bonchev–Trinajstić information content (AvgIpc) is 2.39. The van der Waals surface area contributed by atoms with Gasteiger partial charge in [-0.2, -0.15) is 0 Å². The summed E-state index contributed by atoms with van der Waals surface area (Å²) < 4.78 is 5.24. The van der Waals surface area contributed by atoms with Gasteiger partial charge in [0.15, 0.2) is 0 Å². The largest absolute Gasteiger partial charge is 0.495 e. The SMILES string of the molecule is COc1ccccc1Nc1cccc(NN)n1. The van der Waals surface area contributed by atoms with Crippen molar-refractivity contribution in [2.45, 2.75) is 0 Å². The van der Waals surface area contributed by atoms with Crippen molar-refractivity contribution in [3.63, 3.8) is 0 Å². The number of hydrazine groups is 1. The van der Waals surface area contributed by atoms with Crippen molar-refractivity contribution < 1.29 is 4.74 Å². The summed E-state index contributed by atoms with van der Waals surface area (Å²) in [6.07, 6.45) is 0. The van der Waals surface area contributed by atoms with E-state index in [1.54, 1.807) is 13.2 Å². The highest BCUT2D eigenvalue weighted by atomic mass is 16.5. The number of hydrogen-bond donors (Lipinski definition) is 3. The third-order valence-corrected chi connectivity index (χ3v) is 2.27. The van der Waals surface area contributed by atoms with Crippen molar-refractivity contribution in [3.8, 4) is 5.75 Å². The van der Waals surface area contributed by atoms with Crippen LogP contribution in [0.1, 0.15) is 0 Å². The lowest BCUT2D eigenvalue weighted by atomic mass is 10.3. The highest BCUT2D eigenvalue weighted by Crippen LogP contribution is 2.26. The van der Waals surface area contributed by atoms with E-state index in [-0.39, 0.29) is 0 Å². The molecule has 5 nitrogen and oxygen atoms in total. The van der Waals surface area contributed by atoms with Crippen molar-refractivity contribution in [2.24, 2.45) is 5.84 Å². The monoisotopic (exact) mass is 230 g/mol. The van der Waals surface area contributed by atoms with E-state index in [0.29, 0.717) is 11.6 Å². The second kappa shape index (κ2) is 5.18. The van der Waals surface area contributed by atoms with Crippen LogP contribution in [-0.2, 0) is 0 Å². The van der Waals surface area contributed by atoms with Gasteiger partial charge >= 0.3 is 0 Å². The number of methoxy groups -OCH3 is 1. The molecule has 0 unspecified atom stereocenters. The van der Waals surface area contributed by atoms with Gasteiger partial charge in [0.2, 0.25) is 0 Å². The summed E-state index contributed by atoms with van der Waals surface area (Å²) in [6, 6.07) is 13.1. The summed E-state index contributed by atoms with van der Waals surface area (Å²) in [5, 5.41) is 3.17. The minimum absolute atomic E-state index is 0.602. The number of para-hydroxylation sites is 2. The van der Waals surface area contributed by atoms with Gasteiger partial charge in [-0.15, -0.1) is 0 Å². The lowest BCUT2D eigenvalue weighted by molar-refractivity contribution is 0.417. The molecule has 0 aliphatic heterocycles. The quantitative estimate of drug-likeness (QED) is 0.554. The topological polar surface area (TPSA) is 72.2 Å². The Morgan fingerprint density at radius 2 is 1.82 bits per heavy atom. The van der Waals surface area contributed by atoms with E-state index in [2.05, 4.69) is 15.7 Å². The van der Waals surface area contributed by atoms with E-state index in [0.717, 1.165) is 11.4 Å². The molecule has 1 aromatic heterocycles. The Bertz CT molecular complexity index is 501. The molecule has 0 atom stereocenters. The van der Waals surface area contributed by atoms with Crippen LogP contribution >= 0.6 is 0 Å². The van der Waals surface area contributed by atoms with Crippen LogP contribution in [0.2, 0.25) is 0 Å². The first-order valence-electron chi connectivity index (χ1n) is 5.17. The molecule has 0 amide bonds. The van der Waals surface area contributed by atoms with Crippen molar-refractivity contribution in [1.29, 1.82) is 0 Å². The van der Waals surface area contributed by atoms with Crippen LogP contribution in [0.25, 0.3) is 0 Å². The van der Waals surface area contributed by atoms with Gasteiger partial charge in [-0.3, -0.25) is 0 Å². The molecule has 0 fully saturated rings. The fourth-order valence-corrected chi connectivity index (χ4v) is 1.47. The number of nitrogen functional groups attached to an aromatic ring is 1. The van der Waals surface area contributed by atoms with Crippen LogP contribution in [-0.4, -0.2) is 12.1 Å². The van der Waals surface area contributed by atoms with E-state index in [9.17, 15) is 0 Å². The number of nitrogens with zero attached hydrogens (tertiary/aromatic N) is 1. The zero-order valence-electron chi connectivity index (χ0n) is 9.47. The second-order valence-electron chi connectivity index (χ2n) is 3.38. The summed E-state index contributed by atoms with van der Waals surface area (Å²) >= 11 is 0. The van der Waals surface area contributed by atoms with Gasteiger partial charge in [0.05, 0.1) is 12.8 Å². The fraction of sp³-hybridized carbons (Fsp3) is 0.0833. The molecule has 4 N–H and O–H groups in total. The Labute approximate surface area is 99.6 Å². The van der Waals surface area contributed by atoms with E-state index >= 15 is 0 Å². The van der Waals surface area contributed by atoms with Gasteiger partial charge < -0.3 is 15.5 Å². The first-order valence-corrected chi connectivity index (χ1v) is 5.17. The van der Waals surface area contributed by atoms with Crippen LogP contribution < -0.4 is 21.3 Å². The Morgan fingerprint density at radius 1 is 1.06 bits per heavy atom. The number of anilines is 3. The average molecular weight is 230 g/mol. The maximum atomic E-state index is 5.30. The first-order chi connectivity index (χ1) is 8.33. The third-order valence-electron chi connectivity index (χ3n) is 2.27. The molecule has 0 saturated heterocycles. The van der Waals surface area contributed by atoms with Gasteiger partial charge in [-0.05, 0) is 24.3 Å². The number of aromatic nitrogens is 1. The van der Waals surface area contributed by atoms with Gasteiger partial charge in [-0.1, -0.05) is 18.2 Å². The smallest absolute Gasteiger partial charge is 0.142 e. The van der Waals surface area contributed by atoms with Crippen LogP contribution in [0.15, 0.2) is 42.5 Å². The first kappa shape index (κ1) is 11.2. The van der Waals surface area contributed by atoms with Gasteiger partial charge in [0.1, 0.15) is 17.4 Å².